The van der Waals surface area contributed by atoms with Gasteiger partial charge in [-0.15, -0.1) is 11.3 Å². The molecular formula is C17H22N6OS. The molecule has 3 aromatic rings. The van der Waals surface area contributed by atoms with Crippen LogP contribution in [0, 0.1) is 0 Å². The van der Waals surface area contributed by atoms with Gasteiger partial charge in [0.25, 0.3) is 0 Å². The van der Waals surface area contributed by atoms with Crippen molar-refractivity contribution in [3.8, 4) is 0 Å². The number of likely N-dealkylation sites (tertiary alicyclic amines) is 1. The number of imidazole rings is 1. The average molecular weight is 358 g/mol. The van der Waals surface area contributed by atoms with Gasteiger partial charge in [0, 0.05) is 36.7 Å². The first-order valence-electron chi connectivity index (χ1n) is 8.73. The van der Waals surface area contributed by atoms with Gasteiger partial charge in [-0.05, 0) is 19.4 Å². The molecule has 1 atom stereocenters. The summed E-state index contributed by atoms with van der Waals surface area (Å²) in [7, 11) is 0. The summed E-state index contributed by atoms with van der Waals surface area (Å²) >= 11 is 1.63. The third-order valence-electron chi connectivity index (χ3n) is 4.61. The first-order chi connectivity index (χ1) is 12.3. The van der Waals surface area contributed by atoms with E-state index in [1.807, 2.05) is 18.6 Å². The molecule has 0 amide bonds. The summed E-state index contributed by atoms with van der Waals surface area (Å²) < 4.78 is 7.45. The zero-order valence-corrected chi connectivity index (χ0v) is 15.2. The van der Waals surface area contributed by atoms with Crippen molar-refractivity contribution in [2.75, 3.05) is 13.1 Å². The normalized spacial score (nSPS) is 18.7. The second kappa shape index (κ2) is 7.45. The van der Waals surface area contributed by atoms with Gasteiger partial charge in [0.15, 0.2) is 5.82 Å². The third kappa shape index (κ3) is 3.80. The van der Waals surface area contributed by atoms with Crippen molar-refractivity contribution in [3.05, 3.63) is 46.5 Å². The fraction of sp³-hybridized carbons (Fsp3) is 0.529. The lowest BCUT2D eigenvalue weighted by molar-refractivity contribution is 0.188. The Kier molecular flexibility index (Phi) is 4.89. The van der Waals surface area contributed by atoms with Gasteiger partial charge in [-0.1, -0.05) is 12.1 Å². The maximum absolute atomic E-state index is 5.22. The van der Waals surface area contributed by atoms with E-state index in [0.29, 0.717) is 11.8 Å². The molecule has 0 aromatic carbocycles. The molecule has 4 rings (SSSR count). The van der Waals surface area contributed by atoms with Gasteiger partial charge in [0.2, 0.25) is 5.89 Å². The molecule has 1 unspecified atom stereocenters. The second-order valence-electron chi connectivity index (χ2n) is 6.43. The van der Waals surface area contributed by atoms with Crippen LogP contribution in [0.5, 0.6) is 0 Å². The monoisotopic (exact) mass is 358 g/mol. The zero-order valence-electron chi connectivity index (χ0n) is 14.3. The summed E-state index contributed by atoms with van der Waals surface area (Å²) in [4.78, 5) is 15.9. The molecule has 7 nitrogen and oxygen atoms in total. The van der Waals surface area contributed by atoms with Crippen LogP contribution in [-0.2, 0) is 19.5 Å². The van der Waals surface area contributed by atoms with Crippen LogP contribution in [0.15, 0.2) is 27.8 Å². The number of thiazole rings is 1. The van der Waals surface area contributed by atoms with Gasteiger partial charge in [-0.3, -0.25) is 4.90 Å². The molecule has 0 aliphatic carbocycles. The first kappa shape index (κ1) is 16.4. The Morgan fingerprint density at radius 1 is 1.32 bits per heavy atom. The summed E-state index contributed by atoms with van der Waals surface area (Å²) in [5.74, 6) is 3.07. The van der Waals surface area contributed by atoms with Crippen molar-refractivity contribution in [1.82, 2.24) is 29.6 Å². The van der Waals surface area contributed by atoms with Crippen molar-refractivity contribution >= 4 is 11.3 Å². The van der Waals surface area contributed by atoms with Crippen LogP contribution < -0.4 is 0 Å². The molecule has 0 spiro atoms. The van der Waals surface area contributed by atoms with Crippen LogP contribution in [0.1, 0.15) is 48.9 Å². The molecule has 1 fully saturated rings. The van der Waals surface area contributed by atoms with Crippen molar-refractivity contribution in [2.45, 2.75) is 45.2 Å². The molecule has 3 aromatic heterocycles. The minimum absolute atomic E-state index is 0.430. The molecule has 1 aliphatic heterocycles. The topological polar surface area (TPSA) is 72.9 Å². The Morgan fingerprint density at radius 3 is 3.08 bits per heavy atom. The Hall–Kier alpha value is -2.06. The highest BCUT2D eigenvalue weighted by molar-refractivity contribution is 7.07. The Bertz CT molecular complexity index is 796. The number of hydrogen-bond acceptors (Lipinski definition) is 7. The molecule has 1 saturated heterocycles. The fourth-order valence-corrected chi connectivity index (χ4v) is 3.96. The van der Waals surface area contributed by atoms with Gasteiger partial charge in [0.05, 0.1) is 24.3 Å². The maximum Gasteiger partial charge on any atom is 0.226 e. The van der Waals surface area contributed by atoms with Crippen LogP contribution in [0.25, 0.3) is 0 Å². The minimum atomic E-state index is 0.430. The first-order valence-corrected chi connectivity index (χ1v) is 9.68. The Morgan fingerprint density at radius 2 is 2.28 bits per heavy atom. The number of aromatic nitrogens is 5. The quantitative estimate of drug-likeness (QED) is 0.675. The van der Waals surface area contributed by atoms with E-state index in [9.17, 15) is 0 Å². The summed E-state index contributed by atoms with van der Waals surface area (Å²) in [6.07, 6.45) is 7.06. The maximum atomic E-state index is 5.22. The number of hydrogen-bond donors (Lipinski definition) is 0. The van der Waals surface area contributed by atoms with Crippen molar-refractivity contribution < 1.29 is 4.52 Å². The van der Waals surface area contributed by atoms with Gasteiger partial charge in [-0.2, -0.15) is 4.98 Å². The molecule has 0 saturated carbocycles. The molecule has 4 heterocycles. The number of rotatable bonds is 6. The lowest BCUT2D eigenvalue weighted by Crippen LogP contribution is -2.35. The summed E-state index contributed by atoms with van der Waals surface area (Å²) in [5.41, 5.74) is 2.97. The SMILES string of the molecule is CCc1nc(CN2CCCC(c3nccn3Cc3cscn3)C2)no1. The third-order valence-corrected chi connectivity index (χ3v) is 5.25. The lowest BCUT2D eigenvalue weighted by atomic mass is 9.97. The predicted octanol–water partition coefficient (Wildman–Crippen LogP) is 2.71. The molecular weight excluding hydrogens is 336 g/mol. The Labute approximate surface area is 150 Å². The van der Waals surface area contributed by atoms with Crippen molar-refractivity contribution in [2.24, 2.45) is 0 Å². The van der Waals surface area contributed by atoms with E-state index < -0.39 is 0 Å². The minimum Gasteiger partial charge on any atom is -0.339 e. The van der Waals surface area contributed by atoms with E-state index in [4.69, 9.17) is 4.52 Å². The van der Waals surface area contributed by atoms with Crippen molar-refractivity contribution in [1.29, 1.82) is 0 Å². The van der Waals surface area contributed by atoms with Gasteiger partial charge < -0.3 is 9.09 Å². The molecule has 0 bridgehead atoms. The highest BCUT2D eigenvalue weighted by Crippen LogP contribution is 2.27. The lowest BCUT2D eigenvalue weighted by Gasteiger charge is -2.31. The van der Waals surface area contributed by atoms with Crippen LogP contribution in [-0.4, -0.2) is 42.7 Å². The molecule has 25 heavy (non-hydrogen) atoms. The highest BCUT2D eigenvalue weighted by atomic mass is 32.1. The van der Waals surface area contributed by atoms with Crippen LogP contribution in [0.2, 0.25) is 0 Å². The smallest absolute Gasteiger partial charge is 0.226 e. The molecule has 1 aliphatic rings. The second-order valence-corrected chi connectivity index (χ2v) is 7.14. The van der Waals surface area contributed by atoms with Crippen LogP contribution >= 0.6 is 11.3 Å². The number of nitrogens with zero attached hydrogens (tertiary/aromatic N) is 6. The van der Waals surface area contributed by atoms with Crippen molar-refractivity contribution in [3.63, 3.8) is 0 Å². The average Bonchev–Trinajstić information content (AvgIpc) is 3.37. The number of piperidine rings is 1. The summed E-state index contributed by atoms with van der Waals surface area (Å²) in [6, 6.07) is 0. The van der Waals surface area contributed by atoms with E-state index in [-0.39, 0.29) is 0 Å². The van der Waals surface area contributed by atoms with E-state index in [1.54, 1.807) is 11.3 Å². The standard InChI is InChI=1S/C17H22N6OS/c1-2-16-20-15(21-24-16)10-22-6-3-4-13(8-22)17-18-5-7-23(17)9-14-11-25-12-19-14/h5,7,11-13H,2-4,6,8-10H2,1H3. The van der Waals surface area contributed by atoms with E-state index in [2.05, 4.69) is 41.2 Å². The predicted molar refractivity (Wildman–Crippen MR) is 94.4 cm³/mol. The molecule has 0 N–H and O–H groups in total. The Balaban J connectivity index is 1.43. The summed E-state index contributed by atoms with van der Waals surface area (Å²) in [6.45, 7) is 5.60. The number of aryl methyl sites for hydroxylation is 1. The summed E-state index contributed by atoms with van der Waals surface area (Å²) in [5, 5.41) is 6.18. The molecule has 0 radical (unpaired) electrons. The highest BCUT2D eigenvalue weighted by Gasteiger charge is 2.25. The van der Waals surface area contributed by atoms with E-state index >= 15 is 0 Å². The molecule has 8 heteroatoms. The van der Waals surface area contributed by atoms with Gasteiger partial charge in [-0.25, -0.2) is 9.97 Å². The van der Waals surface area contributed by atoms with Crippen LogP contribution in [0.4, 0.5) is 0 Å². The molecule has 132 valence electrons. The van der Waals surface area contributed by atoms with E-state index in [0.717, 1.165) is 62.8 Å². The van der Waals surface area contributed by atoms with Gasteiger partial charge >= 0.3 is 0 Å². The van der Waals surface area contributed by atoms with E-state index in [1.165, 1.54) is 0 Å². The van der Waals surface area contributed by atoms with Crippen LogP contribution in [0.3, 0.4) is 0 Å². The van der Waals surface area contributed by atoms with Gasteiger partial charge in [0.1, 0.15) is 5.82 Å². The zero-order chi connectivity index (χ0) is 17.1. The fourth-order valence-electron chi connectivity index (χ4n) is 3.41. The largest absolute Gasteiger partial charge is 0.339 e.